The summed E-state index contributed by atoms with van der Waals surface area (Å²) in [4.78, 5) is 0. The summed E-state index contributed by atoms with van der Waals surface area (Å²) in [5, 5.41) is 3.31. The zero-order chi connectivity index (χ0) is 14.0. The fourth-order valence-corrected chi connectivity index (χ4v) is 4.55. The van der Waals surface area contributed by atoms with Crippen molar-refractivity contribution >= 4 is 9.84 Å². The van der Waals surface area contributed by atoms with E-state index in [1.165, 1.54) is 6.26 Å². The molecule has 0 aromatic rings. The van der Waals surface area contributed by atoms with Crippen LogP contribution in [0.3, 0.4) is 0 Å². The van der Waals surface area contributed by atoms with E-state index in [9.17, 15) is 8.42 Å². The van der Waals surface area contributed by atoms with Crippen molar-refractivity contribution in [3.8, 4) is 0 Å². The number of hydrogen-bond acceptors (Lipinski definition) is 3. The maximum atomic E-state index is 11.7. The van der Waals surface area contributed by atoms with E-state index in [1.54, 1.807) is 0 Å². The summed E-state index contributed by atoms with van der Waals surface area (Å²) in [6.45, 7) is 6.76. The van der Waals surface area contributed by atoms with E-state index >= 15 is 0 Å². The third kappa shape index (κ3) is 3.70. The van der Waals surface area contributed by atoms with Crippen molar-refractivity contribution in [2.24, 2.45) is 11.3 Å². The Hall–Kier alpha value is -0.0900. The number of hydrogen-bond donors (Lipinski definition) is 1. The highest BCUT2D eigenvalue weighted by molar-refractivity contribution is 7.91. The van der Waals surface area contributed by atoms with Gasteiger partial charge in [-0.25, -0.2) is 8.42 Å². The largest absolute Gasteiger partial charge is 0.316 e. The highest BCUT2D eigenvalue weighted by Gasteiger charge is 2.38. The Kier molecular flexibility index (Phi) is 5.24. The standard InChI is InChI=1S/C14H29NO2S/c1-6-14(2,3)13(15-4)11-8-7-9-12(10-11)18(5,16)17/h11-13,15H,6-10H2,1-5H3. The molecule has 1 fully saturated rings. The predicted molar refractivity (Wildman–Crippen MR) is 77.5 cm³/mol. The third-order valence-electron chi connectivity index (χ3n) is 4.81. The molecule has 0 aromatic carbocycles. The van der Waals surface area contributed by atoms with Crippen LogP contribution in [0.15, 0.2) is 0 Å². The quantitative estimate of drug-likeness (QED) is 0.839. The fraction of sp³-hybridized carbons (Fsp3) is 1.00. The highest BCUT2D eigenvalue weighted by Crippen LogP contribution is 2.38. The van der Waals surface area contributed by atoms with Crippen LogP contribution in [0, 0.1) is 11.3 Å². The van der Waals surface area contributed by atoms with Crippen LogP contribution in [0.25, 0.3) is 0 Å². The molecule has 1 aliphatic carbocycles. The van der Waals surface area contributed by atoms with E-state index in [1.807, 2.05) is 7.05 Å². The average molecular weight is 275 g/mol. The molecule has 4 heteroatoms. The van der Waals surface area contributed by atoms with Gasteiger partial charge in [0, 0.05) is 12.3 Å². The van der Waals surface area contributed by atoms with Gasteiger partial charge in [-0.15, -0.1) is 0 Å². The van der Waals surface area contributed by atoms with Crippen molar-refractivity contribution < 1.29 is 8.42 Å². The van der Waals surface area contributed by atoms with E-state index in [2.05, 4.69) is 26.1 Å². The Morgan fingerprint density at radius 2 is 1.94 bits per heavy atom. The summed E-state index contributed by atoms with van der Waals surface area (Å²) in [6, 6.07) is 0.409. The van der Waals surface area contributed by atoms with Crippen LogP contribution in [0.5, 0.6) is 0 Å². The van der Waals surface area contributed by atoms with E-state index in [0.717, 1.165) is 32.1 Å². The lowest BCUT2D eigenvalue weighted by Gasteiger charge is -2.42. The molecule has 18 heavy (non-hydrogen) atoms. The third-order valence-corrected chi connectivity index (χ3v) is 6.45. The molecule has 1 aliphatic rings. The van der Waals surface area contributed by atoms with Crippen LogP contribution >= 0.6 is 0 Å². The molecule has 1 saturated carbocycles. The molecule has 0 bridgehead atoms. The first-order valence-corrected chi connectivity index (χ1v) is 9.04. The molecule has 3 atom stereocenters. The second-order valence-corrected chi connectivity index (χ2v) is 8.81. The number of rotatable bonds is 5. The summed E-state index contributed by atoms with van der Waals surface area (Å²) < 4.78 is 23.5. The van der Waals surface area contributed by atoms with Gasteiger partial charge in [-0.2, -0.15) is 0 Å². The topological polar surface area (TPSA) is 46.2 Å². The lowest BCUT2D eigenvalue weighted by molar-refractivity contribution is 0.146. The molecule has 108 valence electrons. The molecule has 0 spiro atoms. The van der Waals surface area contributed by atoms with Crippen LogP contribution in [-0.2, 0) is 9.84 Å². The van der Waals surface area contributed by atoms with Crippen molar-refractivity contribution in [3.05, 3.63) is 0 Å². The van der Waals surface area contributed by atoms with E-state index < -0.39 is 9.84 Å². The zero-order valence-electron chi connectivity index (χ0n) is 12.5. The fourth-order valence-electron chi connectivity index (χ4n) is 3.36. The molecule has 0 heterocycles. The molecule has 0 saturated heterocycles. The molecule has 0 radical (unpaired) electrons. The maximum Gasteiger partial charge on any atom is 0.150 e. The van der Waals surface area contributed by atoms with E-state index in [4.69, 9.17) is 0 Å². The van der Waals surface area contributed by atoms with Gasteiger partial charge in [-0.05, 0) is 44.1 Å². The highest BCUT2D eigenvalue weighted by atomic mass is 32.2. The van der Waals surface area contributed by atoms with Gasteiger partial charge in [-0.3, -0.25) is 0 Å². The van der Waals surface area contributed by atoms with Gasteiger partial charge < -0.3 is 5.32 Å². The van der Waals surface area contributed by atoms with Crippen molar-refractivity contribution in [2.75, 3.05) is 13.3 Å². The van der Waals surface area contributed by atoms with Gasteiger partial charge >= 0.3 is 0 Å². The Morgan fingerprint density at radius 1 is 1.33 bits per heavy atom. The second-order valence-electron chi connectivity index (χ2n) is 6.49. The summed E-state index contributed by atoms with van der Waals surface area (Å²) in [5.74, 6) is 0.485. The lowest BCUT2D eigenvalue weighted by Crippen LogP contribution is -2.48. The first-order valence-electron chi connectivity index (χ1n) is 7.08. The smallest absolute Gasteiger partial charge is 0.150 e. The lowest BCUT2D eigenvalue weighted by atomic mass is 9.71. The first-order chi connectivity index (χ1) is 8.22. The molecule has 0 aliphatic heterocycles. The van der Waals surface area contributed by atoms with Gasteiger partial charge in [0.2, 0.25) is 0 Å². The van der Waals surface area contributed by atoms with Crippen LogP contribution in [0.4, 0.5) is 0 Å². The van der Waals surface area contributed by atoms with Gasteiger partial charge in [0.1, 0.15) is 9.84 Å². The number of nitrogens with one attached hydrogen (secondary N) is 1. The SMILES string of the molecule is CCC(C)(C)C(NC)C1CCCC(S(C)(=O)=O)C1. The van der Waals surface area contributed by atoms with E-state index in [0.29, 0.717) is 12.0 Å². The van der Waals surface area contributed by atoms with Gasteiger partial charge in [0.25, 0.3) is 0 Å². The van der Waals surface area contributed by atoms with Gasteiger partial charge in [-0.1, -0.05) is 27.2 Å². The Balaban J connectivity index is 2.82. The Morgan fingerprint density at radius 3 is 2.39 bits per heavy atom. The Labute approximate surface area is 113 Å². The Bertz CT molecular complexity index is 362. The summed E-state index contributed by atoms with van der Waals surface area (Å²) >= 11 is 0. The number of sulfone groups is 1. The van der Waals surface area contributed by atoms with Crippen LogP contribution in [-0.4, -0.2) is 33.0 Å². The maximum absolute atomic E-state index is 11.7. The summed E-state index contributed by atoms with van der Waals surface area (Å²) in [6.07, 6.45) is 6.37. The zero-order valence-corrected chi connectivity index (χ0v) is 13.3. The summed E-state index contributed by atoms with van der Waals surface area (Å²) in [5.41, 5.74) is 0.221. The minimum absolute atomic E-state index is 0.125. The molecule has 3 nitrogen and oxygen atoms in total. The van der Waals surface area contributed by atoms with Gasteiger partial charge in [0.05, 0.1) is 5.25 Å². The molecular formula is C14H29NO2S. The van der Waals surface area contributed by atoms with Crippen LogP contribution in [0.1, 0.15) is 52.9 Å². The predicted octanol–water partition coefficient (Wildman–Crippen LogP) is 2.61. The first kappa shape index (κ1) is 16.0. The monoisotopic (exact) mass is 275 g/mol. The molecule has 0 aromatic heterocycles. The molecule has 1 rings (SSSR count). The van der Waals surface area contributed by atoms with Crippen molar-refractivity contribution in [1.29, 1.82) is 0 Å². The van der Waals surface area contributed by atoms with Crippen LogP contribution in [0.2, 0.25) is 0 Å². The average Bonchev–Trinajstić information content (AvgIpc) is 2.29. The minimum atomic E-state index is -2.88. The molecule has 0 amide bonds. The van der Waals surface area contributed by atoms with Crippen LogP contribution < -0.4 is 5.32 Å². The van der Waals surface area contributed by atoms with Crippen molar-refractivity contribution in [2.45, 2.75) is 64.2 Å². The molecule has 1 N–H and O–H groups in total. The molecular weight excluding hydrogens is 246 g/mol. The second kappa shape index (κ2) is 5.91. The normalized spacial score (nSPS) is 28.1. The summed E-state index contributed by atoms with van der Waals surface area (Å²) in [7, 11) is -0.874. The molecule has 3 unspecified atom stereocenters. The minimum Gasteiger partial charge on any atom is -0.316 e. The van der Waals surface area contributed by atoms with Crippen molar-refractivity contribution in [1.82, 2.24) is 5.32 Å². The van der Waals surface area contributed by atoms with E-state index in [-0.39, 0.29) is 10.7 Å². The van der Waals surface area contributed by atoms with Crippen molar-refractivity contribution in [3.63, 3.8) is 0 Å². The van der Waals surface area contributed by atoms with Gasteiger partial charge in [0.15, 0.2) is 0 Å².